The predicted molar refractivity (Wildman–Crippen MR) is 184 cm³/mol. The number of fused-ring (bicyclic) bond motifs is 1. The fourth-order valence-electron chi connectivity index (χ4n) is 4.77. The van der Waals surface area contributed by atoms with Crippen LogP contribution in [-0.4, -0.2) is 86.4 Å². The van der Waals surface area contributed by atoms with Gasteiger partial charge in [0.2, 0.25) is 5.95 Å². The van der Waals surface area contributed by atoms with Crippen molar-refractivity contribution in [2.75, 3.05) is 37.5 Å². The highest BCUT2D eigenvalue weighted by Crippen LogP contribution is 2.32. The number of H-pyrrole nitrogens is 1. The summed E-state index contributed by atoms with van der Waals surface area (Å²) in [4.78, 5) is 54.6. The Bertz CT molecular complexity index is 1950. The van der Waals surface area contributed by atoms with Crippen molar-refractivity contribution >= 4 is 34.7 Å². The van der Waals surface area contributed by atoms with Gasteiger partial charge < -0.3 is 30.4 Å². The SMILES string of the molecule is C#CCOCCOc1ccc(C[C@@H](C(=O)OCC)N(C(=O)c2ccc(NCc3cnc4nc(N)[nH]c(=O)c4n3)cc2)C(O)C(F)(F)C(=C)C)cc1. The Hall–Kier alpha value is -5.92. The van der Waals surface area contributed by atoms with E-state index in [4.69, 9.17) is 26.4 Å². The Morgan fingerprint density at radius 2 is 1.86 bits per heavy atom. The lowest BCUT2D eigenvalue weighted by Gasteiger charge is -2.38. The number of nitrogens with one attached hydrogen (secondary N) is 2. The standard InChI is InChI=1S/C35H37F2N7O7/c1-5-15-49-16-17-51-26-13-7-22(8-14-26)18-27(32(47)50-6-2)44(33(48)35(36,37)21(3)4)31(46)23-9-11-24(12-10-23)39-19-25-20-40-29-28(41-25)30(45)43-34(38)42-29/h1,7-14,20,27,33,39,48H,3,6,15-19H2,2,4H3,(H3,38,40,42,43,45)/t27-,33?/m0/s1. The highest BCUT2D eigenvalue weighted by Gasteiger charge is 2.49. The van der Waals surface area contributed by atoms with Gasteiger partial charge in [0.15, 0.2) is 17.4 Å². The van der Waals surface area contributed by atoms with Crippen molar-refractivity contribution in [1.29, 1.82) is 0 Å². The van der Waals surface area contributed by atoms with Crippen LogP contribution in [-0.2, 0) is 27.2 Å². The second-order valence-electron chi connectivity index (χ2n) is 11.1. The van der Waals surface area contributed by atoms with Crippen LogP contribution in [0.3, 0.4) is 0 Å². The quantitative estimate of drug-likeness (QED) is 0.0413. The van der Waals surface area contributed by atoms with E-state index in [1.54, 1.807) is 24.3 Å². The Morgan fingerprint density at radius 1 is 1.16 bits per heavy atom. The average Bonchev–Trinajstić information content (AvgIpc) is 3.11. The zero-order valence-corrected chi connectivity index (χ0v) is 27.9. The highest BCUT2D eigenvalue weighted by molar-refractivity contribution is 5.97. The molecule has 4 rings (SSSR count). The molecule has 0 fully saturated rings. The number of carbonyl (C=O) groups excluding carboxylic acids is 2. The number of aliphatic hydroxyl groups excluding tert-OH is 1. The van der Waals surface area contributed by atoms with Gasteiger partial charge in [-0.05, 0) is 61.4 Å². The summed E-state index contributed by atoms with van der Waals surface area (Å²) in [6.45, 7) is 6.44. The molecule has 16 heteroatoms. The van der Waals surface area contributed by atoms with E-state index in [0.717, 1.165) is 6.92 Å². The van der Waals surface area contributed by atoms with Gasteiger partial charge in [0.25, 0.3) is 11.5 Å². The Morgan fingerprint density at radius 3 is 2.51 bits per heavy atom. The average molecular weight is 706 g/mol. The molecule has 0 aliphatic carbocycles. The number of esters is 1. The molecule has 2 heterocycles. The van der Waals surface area contributed by atoms with E-state index in [-0.39, 0.29) is 62.1 Å². The summed E-state index contributed by atoms with van der Waals surface area (Å²) in [5.74, 6) is -3.34. The van der Waals surface area contributed by atoms with Crippen molar-refractivity contribution in [1.82, 2.24) is 24.8 Å². The van der Waals surface area contributed by atoms with Crippen LogP contribution in [0.1, 0.15) is 35.5 Å². The number of nitrogens with zero attached hydrogens (tertiary/aromatic N) is 4. The molecular formula is C35H37F2N7O7. The maximum Gasteiger partial charge on any atom is 0.329 e. The molecular weight excluding hydrogens is 668 g/mol. The second kappa shape index (κ2) is 17.1. The molecule has 5 N–H and O–H groups in total. The molecule has 0 aliphatic rings. The number of carbonyl (C=O) groups is 2. The number of benzene rings is 2. The predicted octanol–water partition coefficient (Wildman–Crippen LogP) is 3.08. The summed E-state index contributed by atoms with van der Waals surface area (Å²) in [5, 5.41) is 14.1. The second-order valence-corrected chi connectivity index (χ2v) is 11.1. The third-order valence-electron chi connectivity index (χ3n) is 7.41. The van der Waals surface area contributed by atoms with Crippen LogP contribution in [0.2, 0.25) is 0 Å². The number of aromatic nitrogens is 4. The number of ether oxygens (including phenoxy) is 3. The number of hydrogen-bond donors (Lipinski definition) is 4. The van der Waals surface area contributed by atoms with E-state index in [2.05, 4.69) is 37.8 Å². The third kappa shape index (κ3) is 9.62. The molecule has 51 heavy (non-hydrogen) atoms. The lowest BCUT2D eigenvalue weighted by Crippen LogP contribution is -2.58. The van der Waals surface area contributed by atoms with Crippen molar-refractivity contribution in [3.05, 3.63) is 94.1 Å². The van der Waals surface area contributed by atoms with E-state index in [1.807, 2.05) is 0 Å². The van der Waals surface area contributed by atoms with Gasteiger partial charge in [0, 0.05) is 17.7 Å². The monoisotopic (exact) mass is 705 g/mol. The van der Waals surface area contributed by atoms with Gasteiger partial charge in [-0.25, -0.2) is 14.8 Å². The smallest absolute Gasteiger partial charge is 0.329 e. The summed E-state index contributed by atoms with van der Waals surface area (Å²) >= 11 is 0. The van der Waals surface area contributed by atoms with Crippen molar-refractivity contribution in [3.63, 3.8) is 0 Å². The number of nitrogens with two attached hydrogens (primary N) is 1. The molecule has 4 aromatic rings. The van der Waals surface area contributed by atoms with E-state index in [0.29, 0.717) is 27.6 Å². The number of halogens is 2. The maximum atomic E-state index is 15.3. The summed E-state index contributed by atoms with van der Waals surface area (Å²) in [5.41, 5.74) is 5.59. The highest BCUT2D eigenvalue weighted by atomic mass is 19.3. The molecule has 0 aliphatic heterocycles. The van der Waals surface area contributed by atoms with Gasteiger partial charge in [-0.15, -0.1) is 6.42 Å². The molecule has 0 spiro atoms. The number of alkyl halides is 2. The normalized spacial score (nSPS) is 12.4. The van der Waals surface area contributed by atoms with Crippen molar-refractivity contribution in [2.45, 2.75) is 45.0 Å². The Balaban J connectivity index is 1.57. The minimum Gasteiger partial charge on any atom is -0.491 e. The molecule has 0 saturated heterocycles. The number of aromatic amines is 1. The van der Waals surface area contributed by atoms with Gasteiger partial charge in [-0.1, -0.05) is 24.6 Å². The van der Waals surface area contributed by atoms with E-state index in [1.165, 1.54) is 37.4 Å². The van der Waals surface area contributed by atoms with E-state index in [9.17, 15) is 19.5 Å². The minimum absolute atomic E-state index is 0.00259. The van der Waals surface area contributed by atoms with Crippen LogP contribution in [0.4, 0.5) is 20.4 Å². The lowest BCUT2D eigenvalue weighted by atomic mass is 10.0. The number of anilines is 2. The van der Waals surface area contributed by atoms with Crippen LogP contribution in [0, 0.1) is 12.3 Å². The molecule has 0 bridgehead atoms. The fraction of sp³-hybridized carbons (Fsp3) is 0.314. The molecule has 1 unspecified atom stereocenters. The lowest BCUT2D eigenvalue weighted by molar-refractivity contribution is -0.170. The van der Waals surface area contributed by atoms with Crippen LogP contribution < -0.4 is 21.3 Å². The Labute approximate surface area is 291 Å². The number of terminal acetylenes is 1. The van der Waals surface area contributed by atoms with Crippen LogP contribution in [0.15, 0.2) is 71.7 Å². The number of hydrogen-bond acceptors (Lipinski definition) is 12. The first-order valence-corrected chi connectivity index (χ1v) is 15.6. The van der Waals surface area contributed by atoms with Crippen LogP contribution in [0.25, 0.3) is 11.2 Å². The number of nitrogen functional groups attached to an aromatic ring is 1. The molecule has 14 nitrogen and oxygen atoms in total. The molecule has 0 radical (unpaired) electrons. The molecule has 0 saturated carbocycles. The first-order chi connectivity index (χ1) is 24.3. The Kier molecular flexibility index (Phi) is 12.7. The van der Waals surface area contributed by atoms with Crippen LogP contribution >= 0.6 is 0 Å². The van der Waals surface area contributed by atoms with Gasteiger partial charge in [-0.2, -0.15) is 13.8 Å². The minimum atomic E-state index is -4.00. The molecule has 268 valence electrons. The summed E-state index contributed by atoms with van der Waals surface area (Å²) in [6.07, 6.45) is 3.50. The number of amides is 1. The summed E-state index contributed by atoms with van der Waals surface area (Å²) in [6, 6.07) is 10.4. The largest absolute Gasteiger partial charge is 0.491 e. The maximum absolute atomic E-state index is 15.3. The molecule has 2 aromatic heterocycles. The third-order valence-corrected chi connectivity index (χ3v) is 7.41. The first-order valence-electron chi connectivity index (χ1n) is 15.6. The molecule has 1 amide bonds. The molecule has 2 aromatic carbocycles. The molecule has 2 atom stereocenters. The number of rotatable bonds is 17. The van der Waals surface area contributed by atoms with Gasteiger partial charge in [0.1, 0.15) is 25.0 Å². The van der Waals surface area contributed by atoms with Gasteiger partial charge in [-0.3, -0.25) is 19.5 Å². The fourth-order valence-corrected chi connectivity index (χ4v) is 4.77. The van der Waals surface area contributed by atoms with Crippen molar-refractivity contribution < 1.29 is 37.7 Å². The topological polar surface area (TPSA) is 195 Å². The van der Waals surface area contributed by atoms with Gasteiger partial charge in [0.05, 0.1) is 31.6 Å². The van der Waals surface area contributed by atoms with E-state index < -0.39 is 41.2 Å². The first kappa shape index (κ1) is 37.9. The van der Waals surface area contributed by atoms with Crippen LogP contribution in [0.5, 0.6) is 5.75 Å². The summed E-state index contributed by atoms with van der Waals surface area (Å²) in [7, 11) is 0. The summed E-state index contributed by atoms with van der Waals surface area (Å²) < 4.78 is 46.7. The zero-order chi connectivity index (χ0) is 37.1. The van der Waals surface area contributed by atoms with E-state index >= 15 is 8.78 Å². The zero-order valence-electron chi connectivity index (χ0n) is 27.9. The van der Waals surface area contributed by atoms with Crippen molar-refractivity contribution in [2.24, 2.45) is 0 Å². The van der Waals surface area contributed by atoms with Crippen molar-refractivity contribution in [3.8, 4) is 18.1 Å². The number of aliphatic hydroxyl groups is 1. The van der Waals surface area contributed by atoms with Gasteiger partial charge >= 0.3 is 11.9 Å².